The zero-order chi connectivity index (χ0) is 13.0. The van der Waals surface area contributed by atoms with Crippen molar-refractivity contribution in [2.24, 2.45) is 7.05 Å². The molecule has 0 aliphatic heterocycles. The van der Waals surface area contributed by atoms with Gasteiger partial charge in [0.15, 0.2) is 0 Å². The molecule has 0 radical (unpaired) electrons. The van der Waals surface area contributed by atoms with Crippen LogP contribution in [0.1, 0.15) is 32.2 Å². The molecule has 1 rings (SSSR count). The quantitative estimate of drug-likeness (QED) is 0.800. The minimum atomic E-state index is 0.205. The summed E-state index contributed by atoms with van der Waals surface area (Å²) in [6, 6.07) is 0. The second-order valence-electron chi connectivity index (χ2n) is 4.26. The Balaban J connectivity index is 2.68. The fourth-order valence-corrected chi connectivity index (χ4v) is 2.49. The highest BCUT2D eigenvalue weighted by Crippen LogP contribution is 2.22. The topological polar surface area (TPSA) is 34.9 Å². The van der Waals surface area contributed by atoms with Crippen molar-refractivity contribution in [1.82, 2.24) is 9.78 Å². The molecule has 17 heavy (non-hydrogen) atoms. The summed E-state index contributed by atoms with van der Waals surface area (Å²) in [7, 11) is 1.84. The second-order valence-corrected chi connectivity index (χ2v) is 6.20. The van der Waals surface area contributed by atoms with Gasteiger partial charge in [0.05, 0.1) is 28.6 Å². The zero-order valence-electron chi connectivity index (χ0n) is 10.8. The van der Waals surface area contributed by atoms with Crippen LogP contribution in [0.5, 0.6) is 0 Å². The van der Waals surface area contributed by atoms with Gasteiger partial charge in [-0.1, -0.05) is 32.4 Å². The smallest absolute Gasteiger partial charge is 0.148 e. The van der Waals surface area contributed by atoms with Gasteiger partial charge in [-0.25, -0.2) is 0 Å². The molecule has 1 aromatic heterocycles. The Kier molecular flexibility index (Phi) is 5.53. The van der Waals surface area contributed by atoms with Crippen molar-refractivity contribution in [3.05, 3.63) is 16.4 Å². The van der Waals surface area contributed by atoms with Gasteiger partial charge in [0.1, 0.15) is 5.78 Å². The van der Waals surface area contributed by atoms with E-state index in [-0.39, 0.29) is 5.78 Å². The van der Waals surface area contributed by atoms with E-state index in [9.17, 15) is 4.79 Å². The molecule has 0 saturated carbocycles. The number of hydrogen-bond donors (Lipinski definition) is 0. The molecule has 0 aliphatic rings. The van der Waals surface area contributed by atoms with Gasteiger partial charge in [0, 0.05) is 7.05 Å². The zero-order valence-corrected chi connectivity index (χ0v) is 12.4. The largest absolute Gasteiger partial charge is 0.298 e. The van der Waals surface area contributed by atoms with E-state index in [4.69, 9.17) is 11.6 Å². The van der Waals surface area contributed by atoms with Crippen LogP contribution < -0.4 is 0 Å². The molecule has 0 amide bonds. The number of aromatic nitrogens is 2. The highest BCUT2D eigenvalue weighted by atomic mass is 35.5. The maximum Gasteiger partial charge on any atom is 0.148 e. The highest BCUT2D eigenvalue weighted by molar-refractivity contribution is 8.00. The Hall–Kier alpha value is -0.480. The fraction of sp³-hybridized carbons (Fsp3) is 0.667. The van der Waals surface area contributed by atoms with Crippen LogP contribution in [0.3, 0.4) is 0 Å². The van der Waals surface area contributed by atoms with E-state index in [0.29, 0.717) is 22.4 Å². The van der Waals surface area contributed by atoms with E-state index in [2.05, 4.69) is 18.9 Å². The number of halogens is 1. The molecule has 96 valence electrons. The molecule has 0 bridgehead atoms. The summed E-state index contributed by atoms with van der Waals surface area (Å²) in [5, 5.41) is 5.43. The lowest BCUT2D eigenvalue weighted by Gasteiger charge is -2.04. The van der Waals surface area contributed by atoms with Crippen LogP contribution in [0.4, 0.5) is 0 Å². The summed E-state index contributed by atoms with van der Waals surface area (Å²) >= 11 is 7.85. The number of carbonyl (C=O) groups is 1. The van der Waals surface area contributed by atoms with Crippen molar-refractivity contribution in [3.63, 3.8) is 0 Å². The second kappa shape index (κ2) is 6.45. The first-order valence-electron chi connectivity index (χ1n) is 5.79. The van der Waals surface area contributed by atoms with Crippen molar-refractivity contribution in [1.29, 1.82) is 0 Å². The normalized spacial score (nSPS) is 11.2. The average Bonchev–Trinajstić information content (AvgIpc) is 2.53. The van der Waals surface area contributed by atoms with E-state index >= 15 is 0 Å². The maximum atomic E-state index is 11.8. The molecule has 1 heterocycles. The first-order chi connectivity index (χ1) is 7.95. The van der Waals surface area contributed by atoms with Crippen LogP contribution in [-0.2, 0) is 24.7 Å². The van der Waals surface area contributed by atoms with Gasteiger partial charge >= 0.3 is 0 Å². The molecule has 3 nitrogen and oxygen atoms in total. The molecular formula is C12H19ClN2OS. The van der Waals surface area contributed by atoms with Gasteiger partial charge in [-0.05, 0) is 11.7 Å². The summed E-state index contributed by atoms with van der Waals surface area (Å²) < 4.78 is 1.72. The lowest BCUT2D eigenvalue weighted by Crippen LogP contribution is -2.11. The number of carbonyl (C=O) groups excluding carboxylic acids is 1. The Labute approximate surface area is 112 Å². The predicted molar refractivity (Wildman–Crippen MR) is 73.9 cm³/mol. The first kappa shape index (κ1) is 14.6. The molecule has 0 fully saturated rings. The van der Waals surface area contributed by atoms with Crippen molar-refractivity contribution in [3.8, 4) is 0 Å². The standard InChI is InChI=1S/C12H19ClN2OS/c1-5-10-12(13)11(15(4)14-10)6-9(16)7-17-8(2)3/h8H,5-7H2,1-4H3. The molecule has 0 N–H and O–H groups in total. The maximum absolute atomic E-state index is 11.8. The molecule has 0 saturated heterocycles. The molecule has 0 aromatic carbocycles. The minimum Gasteiger partial charge on any atom is -0.298 e. The molecular weight excluding hydrogens is 256 g/mol. The van der Waals surface area contributed by atoms with E-state index in [0.717, 1.165) is 17.8 Å². The number of aryl methyl sites for hydroxylation is 2. The number of rotatable bonds is 6. The predicted octanol–water partition coefficient (Wildman–Crippen LogP) is 2.89. The lowest BCUT2D eigenvalue weighted by molar-refractivity contribution is -0.116. The lowest BCUT2D eigenvalue weighted by atomic mass is 10.2. The molecule has 1 aromatic rings. The third-order valence-corrected chi connectivity index (χ3v) is 4.04. The van der Waals surface area contributed by atoms with Crippen LogP contribution in [-0.4, -0.2) is 26.6 Å². The fourth-order valence-electron chi connectivity index (χ4n) is 1.51. The third kappa shape index (κ3) is 4.03. The van der Waals surface area contributed by atoms with Gasteiger partial charge in [-0.2, -0.15) is 16.9 Å². The summed E-state index contributed by atoms with van der Waals surface area (Å²) in [6.45, 7) is 6.18. The molecule has 0 unspecified atom stereocenters. The molecule has 0 atom stereocenters. The highest BCUT2D eigenvalue weighted by Gasteiger charge is 2.16. The number of hydrogen-bond acceptors (Lipinski definition) is 3. The van der Waals surface area contributed by atoms with Crippen LogP contribution in [0, 0.1) is 0 Å². The summed E-state index contributed by atoms with van der Waals surface area (Å²) in [5.41, 5.74) is 1.70. The summed E-state index contributed by atoms with van der Waals surface area (Å²) in [6.07, 6.45) is 1.17. The van der Waals surface area contributed by atoms with Gasteiger partial charge in [-0.15, -0.1) is 0 Å². The van der Waals surface area contributed by atoms with E-state index in [1.807, 2.05) is 14.0 Å². The van der Waals surface area contributed by atoms with Crippen LogP contribution >= 0.6 is 23.4 Å². The Morgan fingerprint density at radius 2 is 2.18 bits per heavy atom. The first-order valence-corrected chi connectivity index (χ1v) is 7.21. The van der Waals surface area contributed by atoms with E-state index < -0.39 is 0 Å². The Bertz CT molecular complexity index is 401. The molecule has 0 spiro atoms. The van der Waals surface area contributed by atoms with Crippen LogP contribution in [0.15, 0.2) is 0 Å². The van der Waals surface area contributed by atoms with Gasteiger partial charge in [0.25, 0.3) is 0 Å². The summed E-state index contributed by atoms with van der Waals surface area (Å²) in [5.74, 6) is 0.747. The van der Waals surface area contributed by atoms with Crippen molar-refractivity contribution in [2.45, 2.75) is 38.9 Å². The Morgan fingerprint density at radius 3 is 2.65 bits per heavy atom. The monoisotopic (exact) mass is 274 g/mol. The van der Waals surface area contributed by atoms with Crippen LogP contribution in [0.25, 0.3) is 0 Å². The van der Waals surface area contributed by atoms with E-state index in [1.54, 1.807) is 16.4 Å². The van der Waals surface area contributed by atoms with Gasteiger partial charge in [0.2, 0.25) is 0 Å². The SMILES string of the molecule is CCc1nn(C)c(CC(=O)CSC(C)C)c1Cl. The van der Waals surface area contributed by atoms with Crippen molar-refractivity contribution >= 4 is 29.1 Å². The number of ketones is 1. The minimum absolute atomic E-state index is 0.205. The number of Topliss-reactive ketones (excluding diaryl/α,β-unsaturated/α-hetero) is 1. The van der Waals surface area contributed by atoms with Gasteiger partial charge in [-0.3, -0.25) is 9.48 Å². The van der Waals surface area contributed by atoms with Crippen molar-refractivity contribution in [2.75, 3.05) is 5.75 Å². The third-order valence-electron chi connectivity index (χ3n) is 2.45. The summed E-state index contributed by atoms with van der Waals surface area (Å²) in [4.78, 5) is 11.8. The number of nitrogens with zero attached hydrogens (tertiary/aromatic N) is 2. The Morgan fingerprint density at radius 1 is 1.53 bits per heavy atom. The van der Waals surface area contributed by atoms with Crippen molar-refractivity contribution < 1.29 is 4.79 Å². The van der Waals surface area contributed by atoms with E-state index in [1.165, 1.54) is 0 Å². The van der Waals surface area contributed by atoms with Gasteiger partial charge < -0.3 is 0 Å². The number of thioether (sulfide) groups is 1. The molecule has 5 heteroatoms. The van der Waals surface area contributed by atoms with Crippen LogP contribution in [0.2, 0.25) is 5.02 Å². The molecule has 0 aliphatic carbocycles. The average molecular weight is 275 g/mol.